The highest BCUT2D eigenvalue weighted by atomic mass is 35.5. The zero-order chi connectivity index (χ0) is 47.9. The van der Waals surface area contributed by atoms with E-state index in [0.717, 1.165) is 107 Å². The molecule has 6 heterocycles. The van der Waals surface area contributed by atoms with Gasteiger partial charge in [0.1, 0.15) is 23.8 Å². The number of nitro benzene ring substituents is 1. The predicted molar refractivity (Wildman–Crippen MR) is 265 cm³/mol. The van der Waals surface area contributed by atoms with Crippen LogP contribution in [0.1, 0.15) is 55.5 Å². The summed E-state index contributed by atoms with van der Waals surface area (Å²) in [6.45, 7) is 14.9. The summed E-state index contributed by atoms with van der Waals surface area (Å²) in [4.78, 5) is 42.5. The molecule has 0 spiro atoms. The van der Waals surface area contributed by atoms with E-state index in [4.69, 9.17) is 25.8 Å². The van der Waals surface area contributed by atoms with Gasteiger partial charge in [0, 0.05) is 106 Å². The molecule has 69 heavy (non-hydrogen) atoms. The number of hydrogen-bond acceptors (Lipinski definition) is 14. The maximum atomic E-state index is 14.1. The lowest BCUT2D eigenvalue weighted by molar-refractivity contribution is -0.384. The Morgan fingerprint density at radius 1 is 0.971 bits per heavy atom. The summed E-state index contributed by atoms with van der Waals surface area (Å²) in [6, 6.07) is 19.3. The minimum atomic E-state index is -4.66. The van der Waals surface area contributed by atoms with Gasteiger partial charge in [0.05, 0.1) is 46.9 Å². The van der Waals surface area contributed by atoms with Crippen LogP contribution in [0.15, 0.2) is 89.6 Å². The lowest BCUT2D eigenvalue weighted by Gasteiger charge is -2.42. The number of halogens is 1. The van der Waals surface area contributed by atoms with Gasteiger partial charge in [-0.3, -0.25) is 24.7 Å². The van der Waals surface area contributed by atoms with E-state index in [0.29, 0.717) is 36.9 Å². The number of allylic oxidation sites excluding steroid dienone is 1. The molecule has 5 aromatic rings. The number of fused-ring (bicyclic) bond motifs is 2. The number of rotatable bonds is 14. The number of benzene rings is 3. The van der Waals surface area contributed by atoms with Gasteiger partial charge in [-0.05, 0) is 78.6 Å². The van der Waals surface area contributed by atoms with Gasteiger partial charge in [0.15, 0.2) is 11.4 Å². The molecule has 10 rings (SSSR count). The van der Waals surface area contributed by atoms with Crippen molar-refractivity contribution in [1.82, 2.24) is 29.4 Å². The summed E-state index contributed by atoms with van der Waals surface area (Å²) in [7, 11) is -4.66. The predicted octanol–water partition coefficient (Wildman–Crippen LogP) is 7.40. The number of H-pyrrole nitrogens is 1. The Labute approximate surface area is 406 Å². The number of aromatic amines is 1. The zero-order valence-corrected chi connectivity index (χ0v) is 40.5. The maximum Gasteiger partial charge on any atom is 0.297 e. The molecular formula is C50H58ClN9O8S. The number of ether oxygens (including phenoxy) is 3. The maximum absolute atomic E-state index is 14.1. The molecule has 4 aliphatic heterocycles. The summed E-state index contributed by atoms with van der Waals surface area (Å²) in [5.41, 5.74) is 5.36. The quantitative estimate of drug-likeness (QED) is 0.0738. The van der Waals surface area contributed by atoms with Gasteiger partial charge in [-0.2, -0.15) is 0 Å². The SMILES string of the molecule is CC1(C)CCC(CN2CCN(c3ccc(C(=O)NS(=O)(=O)c4cc5c(c([N+](=O)[O-])c4)N[C@H](CCN4CCN(C6COC6)CC4)CO5)c(Oc4cnc5[nH]ccc5c4)c3)CC2)=C(c2ccc(Cl)cc2)C1. The van der Waals surface area contributed by atoms with Gasteiger partial charge in [0.2, 0.25) is 0 Å². The van der Waals surface area contributed by atoms with Crippen LogP contribution in [0.2, 0.25) is 5.02 Å². The highest BCUT2D eigenvalue weighted by Crippen LogP contribution is 2.44. The van der Waals surface area contributed by atoms with E-state index in [1.54, 1.807) is 30.5 Å². The van der Waals surface area contributed by atoms with E-state index < -0.39 is 31.4 Å². The Balaban J connectivity index is 0.837. The van der Waals surface area contributed by atoms with E-state index in [9.17, 15) is 23.3 Å². The first kappa shape index (κ1) is 46.9. The van der Waals surface area contributed by atoms with Crippen molar-refractivity contribution in [2.45, 2.75) is 56.5 Å². The zero-order valence-electron chi connectivity index (χ0n) is 38.9. The molecule has 0 bridgehead atoms. The number of nitrogens with one attached hydrogen (secondary N) is 3. The number of nitrogens with zero attached hydrogens (tertiary/aromatic N) is 6. The Morgan fingerprint density at radius 2 is 1.74 bits per heavy atom. The van der Waals surface area contributed by atoms with Crippen molar-refractivity contribution in [2.24, 2.45) is 5.41 Å². The highest BCUT2D eigenvalue weighted by molar-refractivity contribution is 7.90. The molecule has 0 saturated carbocycles. The molecule has 3 N–H and O–H groups in total. The van der Waals surface area contributed by atoms with Crippen LogP contribution in [0.5, 0.6) is 17.2 Å². The third-order valence-corrected chi connectivity index (χ3v) is 15.8. The molecule has 5 aliphatic rings. The van der Waals surface area contributed by atoms with Crippen molar-refractivity contribution < 1.29 is 32.3 Å². The molecule has 19 heteroatoms. The van der Waals surface area contributed by atoms with Crippen LogP contribution in [0.25, 0.3) is 16.6 Å². The van der Waals surface area contributed by atoms with Crippen molar-refractivity contribution in [3.05, 3.63) is 111 Å². The number of anilines is 2. The number of hydrogen-bond donors (Lipinski definition) is 3. The van der Waals surface area contributed by atoms with Gasteiger partial charge in [-0.1, -0.05) is 43.2 Å². The summed E-state index contributed by atoms with van der Waals surface area (Å²) < 4.78 is 47.9. The van der Waals surface area contributed by atoms with Crippen molar-refractivity contribution in [1.29, 1.82) is 0 Å². The molecule has 0 radical (unpaired) electrons. The van der Waals surface area contributed by atoms with Crippen molar-refractivity contribution >= 4 is 61.2 Å². The van der Waals surface area contributed by atoms with Crippen LogP contribution >= 0.6 is 11.6 Å². The fourth-order valence-electron chi connectivity index (χ4n) is 10.1. The first-order valence-corrected chi connectivity index (χ1v) is 25.6. The normalized spacial score (nSPS) is 20.4. The summed E-state index contributed by atoms with van der Waals surface area (Å²) in [6.07, 6.45) is 7.15. The first-order valence-electron chi connectivity index (χ1n) is 23.8. The summed E-state index contributed by atoms with van der Waals surface area (Å²) in [5, 5.41) is 17.2. The lowest BCUT2D eigenvalue weighted by atomic mass is 9.72. The summed E-state index contributed by atoms with van der Waals surface area (Å²) >= 11 is 6.26. The van der Waals surface area contributed by atoms with E-state index in [1.807, 2.05) is 18.2 Å². The van der Waals surface area contributed by atoms with Crippen molar-refractivity contribution in [2.75, 3.05) is 95.5 Å². The van der Waals surface area contributed by atoms with Crippen LogP contribution < -0.4 is 24.4 Å². The second kappa shape index (κ2) is 19.6. The van der Waals surface area contributed by atoms with Crippen molar-refractivity contribution in [3.8, 4) is 17.2 Å². The van der Waals surface area contributed by atoms with Gasteiger partial charge < -0.3 is 34.3 Å². The Hall–Kier alpha value is -5.76. The molecule has 2 aromatic heterocycles. The number of aromatic nitrogens is 2. The third-order valence-electron chi connectivity index (χ3n) is 14.3. The Bertz CT molecular complexity index is 2870. The largest absolute Gasteiger partial charge is 0.489 e. The van der Waals surface area contributed by atoms with Crippen LogP contribution in [-0.2, 0) is 14.8 Å². The monoisotopic (exact) mass is 979 g/mol. The molecule has 1 atom stereocenters. The minimum absolute atomic E-state index is 0.0205. The van der Waals surface area contributed by atoms with Crippen LogP contribution in [0, 0.1) is 15.5 Å². The van der Waals surface area contributed by atoms with Crippen LogP contribution in [0.4, 0.5) is 17.1 Å². The average molecular weight is 981 g/mol. The lowest BCUT2D eigenvalue weighted by Crippen LogP contribution is -2.56. The second-order valence-electron chi connectivity index (χ2n) is 19.6. The fourth-order valence-corrected chi connectivity index (χ4v) is 11.2. The fraction of sp³-hybridized carbons (Fsp3) is 0.440. The van der Waals surface area contributed by atoms with E-state index in [-0.39, 0.29) is 40.8 Å². The standard InChI is InChI=1S/C50H58ClN9O8S/c1-50(2)12-9-35(43(27-50)33-3-5-36(51)6-4-33)29-57-17-21-58(22-18-57)38-7-8-42(45(24-38)68-40-23-34-10-13-52-48(34)53-28-40)49(61)55-69(64,65)41-25-44(60(62)63)47-46(26-41)67-30-37(54-47)11-14-56-15-19-59(20-16-56)39-31-66-32-39/h3-8,10,13,23-26,28,37,39,54H,9,11-12,14-22,27,29-32H2,1-2H3,(H,52,53)(H,55,61)/t37-/m1/s1. The topological polar surface area (TPSA) is 188 Å². The Kier molecular flexibility index (Phi) is 13.3. The second-order valence-corrected chi connectivity index (χ2v) is 21.7. The van der Waals surface area contributed by atoms with Gasteiger partial charge in [-0.25, -0.2) is 18.1 Å². The minimum Gasteiger partial charge on any atom is -0.489 e. The molecule has 3 fully saturated rings. The number of amides is 1. The molecule has 1 aliphatic carbocycles. The number of pyridine rings is 1. The van der Waals surface area contributed by atoms with Crippen molar-refractivity contribution in [3.63, 3.8) is 0 Å². The molecule has 364 valence electrons. The van der Waals surface area contributed by atoms with Gasteiger partial charge in [-0.15, -0.1) is 0 Å². The Morgan fingerprint density at radius 3 is 2.48 bits per heavy atom. The number of nitro groups is 1. The van der Waals surface area contributed by atoms with Gasteiger partial charge in [0.25, 0.3) is 21.6 Å². The molecule has 1 amide bonds. The number of sulfonamides is 1. The third kappa shape index (κ3) is 10.6. The number of carbonyl (C=O) groups excluding carboxylic acids is 1. The number of carbonyl (C=O) groups is 1. The molecule has 0 unspecified atom stereocenters. The molecule has 3 saturated heterocycles. The van der Waals surface area contributed by atoms with Crippen LogP contribution in [-0.4, -0.2) is 141 Å². The molecular weight excluding hydrogens is 922 g/mol. The molecule has 3 aromatic carbocycles. The van der Waals surface area contributed by atoms with E-state index in [2.05, 4.69) is 65.6 Å². The summed E-state index contributed by atoms with van der Waals surface area (Å²) in [5.74, 6) is -0.491. The van der Waals surface area contributed by atoms with E-state index >= 15 is 0 Å². The highest BCUT2D eigenvalue weighted by Gasteiger charge is 2.34. The van der Waals surface area contributed by atoms with Gasteiger partial charge >= 0.3 is 0 Å². The first-order chi connectivity index (χ1) is 33.2. The average Bonchev–Trinajstić information content (AvgIpc) is 3.79. The van der Waals surface area contributed by atoms with E-state index in [1.165, 1.54) is 29.0 Å². The van der Waals surface area contributed by atoms with Crippen LogP contribution in [0.3, 0.4) is 0 Å². The smallest absolute Gasteiger partial charge is 0.297 e. The molecule has 17 nitrogen and oxygen atoms in total. The number of piperazine rings is 2.